The maximum atomic E-state index is 13.0. The van der Waals surface area contributed by atoms with Gasteiger partial charge in [0, 0.05) is 13.0 Å². The molecule has 3 rings (SSSR count). The average molecular weight is 386 g/mol. The second kappa shape index (κ2) is 8.30. The minimum Gasteiger partial charge on any atom is -0.295 e. The molecule has 1 unspecified atom stereocenters. The fourth-order valence-electron chi connectivity index (χ4n) is 3.43. The van der Waals surface area contributed by atoms with E-state index in [0.717, 1.165) is 17.7 Å². The third-order valence-electron chi connectivity index (χ3n) is 4.87. The maximum absolute atomic E-state index is 13.0. The number of nitrogens with zero attached hydrogens (tertiary/aromatic N) is 2. The molecule has 2 N–H and O–H groups in total. The van der Waals surface area contributed by atoms with E-state index in [0.29, 0.717) is 18.5 Å². The number of carbonyl (C=O) groups is 5. The molecule has 0 radical (unpaired) electrons. The number of rotatable bonds is 8. The number of hydrazine groups is 1. The van der Waals surface area contributed by atoms with Crippen LogP contribution >= 0.6 is 0 Å². The fraction of sp³-hybridized carbons (Fsp3) is 0.421. The zero-order valence-corrected chi connectivity index (χ0v) is 15.6. The topological polar surface area (TPSA) is 116 Å². The van der Waals surface area contributed by atoms with E-state index in [2.05, 4.69) is 10.7 Å². The molecule has 0 bridgehead atoms. The van der Waals surface area contributed by atoms with E-state index in [9.17, 15) is 24.0 Å². The SMILES string of the molecule is CCCCNN(C=O)Cc1cccc2c1C(=O)N(C1CCC(=O)NC1=O)C2=O. The zero-order chi connectivity index (χ0) is 20.3. The minimum absolute atomic E-state index is 0.0664. The highest BCUT2D eigenvalue weighted by molar-refractivity contribution is 6.24. The van der Waals surface area contributed by atoms with Crippen LogP contribution in [0.3, 0.4) is 0 Å². The second-order valence-corrected chi connectivity index (χ2v) is 6.78. The summed E-state index contributed by atoms with van der Waals surface area (Å²) in [5.74, 6) is -2.21. The molecule has 2 aliphatic rings. The highest BCUT2D eigenvalue weighted by Crippen LogP contribution is 2.30. The molecular weight excluding hydrogens is 364 g/mol. The Hall–Kier alpha value is -3.07. The Kier molecular flexibility index (Phi) is 5.84. The van der Waals surface area contributed by atoms with Gasteiger partial charge in [-0.15, -0.1) is 0 Å². The van der Waals surface area contributed by atoms with Gasteiger partial charge in [-0.1, -0.05) is 25.5 Å². The largest absolute Gasteiger partial charge is 0.295 e. The molecule has 1 atom stereocenters. The molecule has 0 saturated carbocycles. The summed E-state index contributed by atoms with van der Waals surface area (Å²) in [5.41, 5.74) is 3.89. The molecule has 2 aliphatic heterocycles. The Morgan fingerprint density at radius 1 is 1.25 bits per heavy atom. The molecule has 9 heteroatoms. The van der Waals surface area contributed by atoms with E-state index < -0.39 is 29.7 Å². The predicted molar refractivity (Wildman–Crippen MR) is 97.6 cm³/mol. The van der Waals surface area contributed by atoms with Crippen molar-refractivity contribution in [2.24, 2.45) is 0 Å². The van der Waals surface area contributed by atoms with E-state index in [4.69, 9.17) is 0 Å². The highest BCUT2D eigenvalue weighted by atomic mass is 16.2. The predicted octanol–water partition coefficient (Wildman–Crippen LogP) is 0.351. The molecule has 0 aromatic heterocycles. The summed E-state index contributed by atoms with van der Waals surface area (Å²) in [6, 6.07) is 3.83. The molecule has 148 valence electrons. The lowest BCUT2D eigenvalue weighted by Gasteiger charge is -2.28. The number of nitrogens with one attached hydrogen (secondary N) is 2. The fourth-order valence-corrected chi connectivity index (χ4v) is 3.43. The van der Waals surface area contributed by atoms with Crippen LogP contribution in [0.15, 0.2) is 18.2 Å². The van der Waals surface area contributed by atoms with Crippen LogP contribution in [0.5, 0.6) is 0 Å². The van der Waals surface area contributed by atoms with Crippen molar-refractivity contribution in [1.29, 1.82) is 0 Å². The first-order valence-corrected chi connectivity index (χ1v) is 9.26. The van der Waals surface area contributed by atoms with Crippen molar-refractivity contribution in [3.63, 3.8) is 0 Å². The quantitative estimate of drug-likeness (QED) is 0.288. The average Bonchev–Trinajstić information content (AvgIpc) is 2.93. The Labute approximate surface area is 162 Å². The van der Waals surface area contributed by atoms with Gasteiger partial charge in [0.15, 0.2) is 0 Å². The maximum Gasteiger partial charge on any atom is 0.262 e. The molecule has 2 heterocycles. The summed E-state index contributed by atoms with van der Waals surface area (Å²) in [7, 11) is 0. The first kappa shape index (κ1) is 19.7. The van der Waals surface area contributed by atoms with Crippen LogP contribution in [0.1, 0.15) is 58.9 Å². The number of hydrogen-bond acceptors (Lipinski definition) is 6. The smallest absolute Gasteiger partial charge is 0.262 e. The third kappa shape index (κ3) is 3.65. The number of carbonyl (C=O) groups excluding carboxylic acids is 5. The molecule has 1 aromatic rings. The molecule has 28 heavy (non-hydrogen) atoms. The number of unbranched alkanes of at least 4 members (excludes halogenated alkanes) is 1. The number of fused-ring (bicyclic) bond motifs is 1. The van der Waals surface area contributed by atoms with Crippen LogP contribution in [0.25, 0.3) is 0 Å². The van der Waals surface area contributed by atoms with E-state index in [-0.39, 0.29) is 30.5 Å². The summed E-state index contributed by atoms with van der Waals surface area (Å²) in [4.78, 5) is 61.6. The van der Waals surface area contributed by atoms with Crippen LogP contribution in [-0.2, 0) is 20.9 Å². The Balaban J connectivity index is 1.84. The summed E-state index contributed by atoms with van der Waals surface area (Å²) in [5, 5.41) is 3.50. The first-order valence-electron chi connectivity index (χ1n) is 9.26. The van der Waals surface area contributed by atoms with Gasteiger partial charge in [-0.05, 0) is 24.5 Å². The number of amides is 5. The van der Waals surface area contributed by atoms with E-state index in [1.54, 1.807) is 12.1 Å². The normalized spacial score (nSPS) is 18.9. The van der Waals surface area contributed by atoms with Gasteiger partial charge in [0.1, 0.15) is 6.04 Å². The molecular formula is C19H22N4O5. The molecule has 1 saturated heterocycles. The van der Waals surface area contributed by atoms with Crippen molar-refractivity contribution >= 4 is 30.0 Å². The van der Waals surface area contributed by atoms with Gasteiger partial charge in [-0.25, -0.2) is 5.43 Å². The van der Waals surface area contributed by atoms with Gasteiger partial charge in [-0.3, -0.25) is 39.2 Å². The van der Waals surface area contributed by atoms with Crippen LogP contribution in [0, 0.1) is 0 Å². The minimum atomic E-state index is -1.01. The van der Waals surface area contributed by atoms with Gasteiger partial charge < -0.3 is 0 Å². The number of piperidine rings is 1. The van der Waals surface area contributed by atoms with Crippen molar-refractivity contribution in [1.82, 2.24) is 20.7 Å². The lowest BCUT2D eigenvalue weighted by atomic mass is 10.0. The van der Waals surface area contributed by atoms with Gasteiger partial charge >= 0.3 is 0 Å². The molecule has 1 fully saturated rings. The lowest BCUT2D eigenvalue weighted by molar-refractivity contribution is -0.136. The van der Waals surface area contributed by atoms with E-state index >= 15 is 0 Å². The summed E-state index contributed by atoms with van der Waals surface area (Å²) >= 11 is 0. The van der Waals surface area contributed by atoms with Crippen LogP contribution in [0.2, 0.25) is 0 Å². The van der Waals surface area contributed by atoms with E-state index in [1.807, 2.05) is 6.92 Å². The van der Waals surface area contributed by atoms with Crippen molar-refractivity contribution in [2.75, 3.05) is 6.54 Å². The summed E-state index contributed by atoms with van der Waals surface area (Å²) in [6.07, 6.45) is 2.65. The first-order chi connectivity index (χ1) is 13.5. The number of hydrogen-bond donors (Lipinski definition) is 2. The molecule has 1 aromatic carbocycles. The molecule has 5 amide bonds. The monoisotopic (exact) mass is 386 g/mol. The number of imide groups is 2. The Bertz CT molecular complexity index is 838. The molecule has 0 spiro atoms. The van der Waals surface area contributed by atoms with Gasteiger partial charge in [0.2, 0.25) is 18.2 Å². The Morgan fingerprint density at radius 2 is 2.04 bits per heavy atom. The summed E-state index contributed by atoms with van der Waals surface area (Å²) < 4.78 is 0. The summed E-state index contributed by atoms with van der Waals surface area (Å²) in [6.45, 7) is 2.75. The molecule has 9 nitrogen and oxygen atoms in total. The van der Waals surface area contributed by atoms with Gasteiger partial charge in [-0.2, -0.15) is 0 Å². The van der Waals surface area contributed by atoms with Crippen molar-refractivity contribution in [2.45, 2.75) is 45.2 Å². The third-order valence-corrected chi connectivity index (χ3v) is 4.87. The lowest BCUT2D eigenvalue weighted by Crippen LogP contribution is -2.54. The van der Waals surface area contributed by atoms with Gasteiger partial charge in [0.25, 0.3) is 11.8 Å². The van der Waals surface area contributed by atoms with Crippen molar-refractivity contribution in [3.05, 3.63) is 34.9 Å². The van der Waals surface area contributed by atoms with Crippen LogP contribution < -0.4 is 10.7 Å². The van der Waals surface area contributed by atoms with Crippen molar-refractivity contribution in [3.8, 4) is 0 Å². The zero-order valence-electron chi connectivity index (χ0n) is 15.6. The second-order valence-electron chi connectivity index (χ2n) is 6.78. The van der Waals surface area contributed by atoms with Crippen LogP contribution in [0.4, 0.5) is 0 Å². The van der Waals surface area contributed by atoms with E-state index in [1.165, 1.54) is 11.1 Å². The van der Waals surface area contributed by atoms with Crippen molar-refractivity contribution < 1.29 is 24.0 Å². The highest BCUT2D eigenvalue weighted by Gasteiger charge is 2.45. The molecule has 0 aliphatic carbocycles. The standard InChI is InChI=1S/C19H22N4O5/c1-2-3-9-20-22(11-24)10-12-5-4-6-13-16(12)19(28)23(18(13)27)14-7-8-15(25)21-17(14)26/h4-6,11,14,20H,2-3,7-10H2,1H3,(H,21,25,26). The van der Waals surface area contributed by atoms with Gasteiger partial charge in [0.05, 0.1) is 17.7 Å². The number of benzene rings is 1. The van der Waals surface area contributed by atoms with Crippen LogP contribution in [-0.4, -0.2) is 52.5 Å². The Morgan fingerprint density at radius 3 is 2.71 bits per heavy atom.